The molecule has 4 nitrogen and oxygen atoms in total. The molecule has 0 aliphatic heterocycles. The molecule has 0 saturated carbocycles. The fourth-order valence-corrected chi connectivity index (χ4v) is 1.56. The Kier molecular flexibility index (Phi) is 3.42. The third-order valence-electron chi connectivity index (χ3n) is 2.28. The van der Waals surface area contributed by atoms with Crippen molar-refractivity contribution in [1.29, 1.82) is 0 Å². The number of benzene rings is 1. The normalized spacial score (nSPS) is 11.0. The summed E-state index contributed by atoms with van der Waals surface area (Å²) in [6.45, 7) is 5.60. The molecule has 0 heterocycles. The molecule has 1 aromatic rings. The summed E-state index contributed by atoms with van der Waals surface area (Å²) in [5, 5.41) is 12.2. The van der Waals surface area contributed by atoms with Crippen LogP contribution in [0.25, 0.3) is 0 Å². The Hall–Kier alpha value is -1.71. The maximum Gasteiger partial charge on any atom is 0.412 e. The Labute approximate surface area is 95.9 Å². The van der Waals surface area contributed by atoms with Crippen LogP contribution in [-0.4, -0.2) is 23.8 Å². The Morgan fingerprint density at radius 3 is 2.06 bits per heavy atom. The lowest BCUT2D eigenvalue weighted by atomic mass is 10.1. The number of nitrogens with one attached hydrogen (secondary N) is 1. The van der Waals surface area contributed by atoms with Crippen molar-refractivity contribution in [1.82, 2.24) is 0 Å². The number of hydrogen-bond acceptors (Lipinski definition) is 2. The van der Waals surface area contributed by atoms with E-state index in [4.69, 9.17) is 0 Å². The lowest BCUT2D eigenvalue weighted by Crippen LogP contribution is -2.45. The van der Waals surface area contributed by atoms with E-state index < -0.39 is 11.6 Å². The van der Waals surface area contributed by atoms with Gasteiger partial charge in [0.1, 0.15) is 0 Å². The Bertz CT molecular complexity index is 366. The summed E-state index contributed by atoms with van der Waals surface area (Å²) in [5.41, 5.74) is 1.19. The summed E-state index contributed by atoms with van der Waals surface area (Å²) in [7, 11) is 1.83. The van der Waals surface area contributed by atoms with Crippen molar-refractivity contribution < 1.29 is 9.90 Å². The number of amides is 1. The molecule has 0 spiro atoms. The van der Waals surface area contributed by atoms with E-state index in [0.29, 0.717) is 5.69 Å². The summed E-state index contributed by atoms with van der Waals surface area (Å²) in [6.07, 6.45) is -0.940. The third kappa shape index (κ3) is 2.66. The number of nitrogens with zero attached hydrogens (tertiary/aromatic N) is 1. The molecule has 0 saturated heterocycles. The minimum absolute atomic E-state index is 0.451. The molecule has 88 valence electrons. The molecule has 0 fully saturated rings. The summed E-state index contributed by atoms with van der Waals surface area (Å²) < 4.78 is 0. The van der Waals surface area contributed by atoms with E-state index in [1.165, 1.54) is 4.90 Å². The predicted molar refractivity (Wildman–Crippen MR) is 66.2 cm³/mol. The van der Waals surface area contributed by atoms with Gasteiger partial charge in [-0.05, 0) is 45.0 Å². The fourth-order valence-electron chi connectivity index (χ4n) is 1.56. The maximum atomic E-state index is 11.2. The zero-order chi connectivity index (χ0) is 12.3. The van der Waals surface area contributed by atoms with Gasteiger partial charge in [-0.3, -0.25) is 4.90 Å². The van der Waals surface area contributed by atoms with Crippen LogP contribution in [0.1, 0.15) is 20.8 Å². The van der Waals surface area contributed by atoms with E-state index in [2.05, 4.69) is 5.32 Å². The first kappa shape index (κ1) is 12.4. The molecule has 0 aliphatic carbocycles. The zero-order valence-electron chi connectivity index (χ0n) is 10.1. The minimum atomic E-state index is -0.940. The van der Waals surface area contributed by atoms with Crippen LogP contribution in [-0.2, 0) is 0 Å². The second kappa shape index (κ2) is 4.43. The third-order valence-corrected chi connectivity index (χ3v) is 2.28. The van der Waals surface area contributed by atoms with Crippen LogP contribution in [0.15, 0.2) is 24.3 Å². The van der Waals surface area contributed by atoms with Crippen LogP contribution in [0.5, 0.6) is 0 Å². The number of carboxylic acid groups (broad SMARTS) is 1. The van der Waals surface area contributed by atoms with Gasteiger partial charge in [0.2, 0.25) is 0 Å². The number of rotatable bonds is 2. The van der Waals surface area contributed by atoms with Gasteiger partial charge in [-0.25, -0.2) is 4.79 Å². The highest BCUT2D eigenvalue weighted by molar-refractivity contribution is 5.87. The zero-order valence-corrected chi connectivity index (χ0v) is 10.1. The lowest BCUT2D eigenvalue weighted by molar-refractivity contribution is 0.195. The van der Waals surface area contributed by atoms with Gasteiger partial charge in [0.05, 0.1) is 0 Å². The van der Waals surface area contributed by atoms with E-state index in [1.807, 2.05) is 40.0 Å². The van der Waals surface area contributed by atoms with Gasteiger partial charge in [-0.1, -0.05) is 0 Å². The van der Waals surface area contributed by atoms with Crippen LogP contribution < -0.4 is 10.2 Å². The topological polar surface area (TPSA) is 52.6 Å². The fraction of sp³-hybridized carbons (Fsp3) is 0.417. The molecule has 0 aromatic heterocycles. The summed E-state index contributed by atoms with van der Waals surface area (Å²) in [4.78, 5) is 12.6. The van der Waals surface area contributed by atoms with Crippen molar-refractivity contribution in [2.75, 3.05) is 17.3 Å². The highest BCUT2D eigenvalue weighted by Gasteiger charge is 2.27. The van der Waals surface area contributed by atoms with Gasteiger partial charge in [-0.15, -0.1) is 0 Å². The summed E-state index contributed by atoms with van der Waals surface area (Å²) >= 11 is 0. The first-order valence-corrected chi connectivity index (χ1v) is 5.17. The van der Waals surface area contributed by atoms with Crippen LogP contribution in [0, 0.1) is 0 Å². The first-order valence-electron chi connectivity index (χ1n) is 5.17. The average Bonchev–Trinajstić information content (AvgIpc) is 2.16. The van der Waals surface area contributed by atoms with Crippen molar-refractivity contribution in [2.45, 2.75) is 26.3 Å². The Morgan fingerprint density at radius 1 is 1.25 bits per heavy atom. The average molecular weight is 222 g/mol. The molecule has 2 N–H and O–H groups in total. The second-order valence-corrected chi connectivity index (χ2v) is 4.59. The maximum absolute atomic E-state index is 11.2. The van der Waals surface area contributed by atoms with E-state index in [0.717, 1.165) is 5.69 Å². The number of carbonyl (C=O) groups is 1. The minimum Gasteiger partial charge on any atom is -0.465 e. The first-order chi connectivity index (χ1) is 7.36. The molecule has 0 unspecified atom stereocenters. The molecule has 0 atom stereocenters. The number of anilines is 2. The van der Waals surface area contributed by atoms with Crippen molar-refractivity contribution in [3.8, 4) is 0 Å². The number of hydrogen-bond donors (Lipinski definition) is 2. The Balaban J connectivity index is 3.07. The SMILES string of the molecule is CNc1ccc(N(C(=O)O)C(C)(C)C)cc1. The Morgan fingerprint density at radius 2 is 1.75 bits per heavy atom. The van der Waals surface area contributed by atoms with Crippen molar-refractivity contribution >= 4 is 17.5 Å². The van der Waals surface area contributed by atoms with Gasteiger partial charge in [0, 0.05) is 24.0 Å². The summed E-state index contributed by atoms with van der Waals surface area (Å²) in [5.74, 6) is 0. The molecule has 0 bridgehead atoms. The lowest BCUT2D eigenvalue weighted by Gasteiger charge is -2.33. The molecular weight excluding hydrogens is 204 g/mol. The predicted octanol–water partition coefficient (Wildman–Crippen LogP) is 3.01. The van der Waals surface area contributed by atoms with E-state index in [1.54, 1.807) is 12.1 Å². The van der Waals surface area contributed by atoms with Crippen LogP contribution in [0.2, 0.25) is 0 Å². The van der Waals surface area contributed by atoms with Gasteiger partial charge in [-0.2, -0.15) is 0 Å². The van der Waals surface area contributed by atoms with Gasteiger partial charge >= 0.3 is 6.09 Å². The van der Waals surface area contributed by atoms with E-state index in [9.17, 15) is 9.90 Å². The molecule has 1 amide bonds. The molecule has 1 rings (SSSR count). The second-order valence-electron chi connectivity index (χ2n) is 4.59. The monoisotopic (exact) mass is 222 g/mol. The van der Waals surface area contributed by atoms with Crippen molar-refractivity contribution in [3.63, 3.8) is 0 Å². The molecule has 0 radical (unpaired) electrons. The highest BCUT2D eigenvalue weighted by atomic mass is 16.4. The standard InChI is InChI=1S/C12H18N2O2/c1-12(2,3)14(11(15)16)10-7-5-9(13-4)6-8-10/h5-8,13H,1-4H3,(H,15,16). The largest absolute Gasteiger partial charge is 0.465 e. The molecule has 0 aliphatic rings. The quantitative estimate of drug-likeness (QED) is 0.808. The smallest absolute Gasteiger partial charge is 0.412 e. The molecule has 4 heteroatoms. The molecular formula is C12H18N2O2. The van der Waals surface area contributed by atoms with Gasteiger partial charge < -0.3 is 10.4 Å². The molecule has 16 heavy (non-hydrogen) atoms. The van der Waals surface area contributed by atoms with Crippen molar-refractivity contribution in [3.05, 3.63) is 24.3 Å². The van der Waals surface area contributed by atoms with Crippen LogP contribution in [0.4, 0.5) is 16.2 Å². The van der Waals surface area contributed by atoms with Gasteiger partial charge in [0.15, 0.2) is 0 Å². The molecule has 1 aromatic carbocycles. The van der Waals surface area contributed by atoms with E-state index in [-0.39, 0.29) is 0 Å². The van der Waals surface area contributed by atoms with Crippen LogP contribution >= 0.6 is 0 Å². The van der Waals surface area contributed by atoms with Crippen molar-refractivity contribution in [2.24, 2.45) is 0 Å². The summed E-state index contributed by atoms with van der Waals surface area (Å²) in [6, 6.07) is 7.31. The van der Waals surface area contributed by atoms with E-state index >= 15 is 0 Å². The van der Waals surface area contributed by atoms with Crippen LogP contribution in [0.3, 0.4) is 0 Å². The van der Waals surface area contributed by atoms with Gasteiger partial charge in [0.25, 0.3) is 0 Å². The highest BCUT2D eigenvalue weighted by Crippen LogP contribution is 2.25.